The molecule has 0 saturated heterocycles. The molecule has 11 rings (SSSR count). The number of rotatable bonds is 1. The van der Waals surface area contributed by atoms with E-state index in [1.165, 1.54) is 77.2 Å². The van der Waals surface area contributed by atoms with E-state index in [1.807, 2.05) is 0 Å². The Labute approximate surface area is 267 Å². The Kier molecular flexibility index (Phi) is 4.57. The molecule has 0 aromatic heterocycles. The van der Waals surface area contributed by atoms with E-state index in [1.54, 1.807) is 0 Å². The molecule has 1 atom stereocenters. The largest absolute Gasteiger partial charge is 0.455 e. The zero-order valence-corrected chi connectivity index (χ0v) is 24.9. The molecule has 0 N–H and O–H groups in total. The Morgan fingerprint density at radius 3 is 1.61 bits per heavy atom. The van der Waals surface area contributed by atoms with Gasteiger partial charge in [-0.05, 0) is 77.9 Å². The first kappa shape index (κ1) is 24.4. The molecule has 8 aromatic rings. The van der Waals surface area contributed by atoms with E-state index in [0.29, 0.717) is 0 Å². The van der Waals surface area contributed by atoms with Crippen LogP contribution in [0.25, 0.3) is 66.1 Å². The maximum Gasteiger partial charge on any atom is 0.143 e. The first-order chi connectivity index (χ1) is 22.8. The average molecular weight is 583 g/mol. The van der Waals surface area contributed by atoms with E-state index < -0.39 is 5.41 Å². The summed E-state index contributed by atoms with van der Waals surface area (Å²) in [5.74, 6) is 1.85. The molecule has 0 amide bonds. The van der Waals surface area contributed by atoms with Crippen LogP contribution in [-0.4, -0.2) is 0 Å². The van der Waals surface area contributed by atoms with Crippen LogP contribution in [0.2, 0.25) is 0 Å². The fraction of sp³-hybridized carbons (Fsp3) is 0.0222. The molecule has 46 heavy (non-hydrogen) atoms. The van der Waals surface area contributed by atoms with Crippen LogP contribution in [-0.2, 0) is 5.41 Å². The van der Waals surface area contributed by atoms with Gasteiger partial charge in [0.05, 0.1) is 5.41 Å². The fourth-order valence-corrected chi connectivity index (χ4v) is 9.00. The van der Waals surface area contributed by atoms with Gasteiger partial charge < -0.3 is 4.74 Å². The summed E-state index contributed by atoms with van der Waals surface area (Å²) in [6.07, 6.45) is 0. The number of benzene rings is 8. The summed E-state index contributed by atoms with van der Waals surface area (Å²) in [4.78, 5) is 0. The van der Waals surface area contributed by atoms with Crippen molar-refractivity contribution >= 4 is 21.5 Å². The van der Waals surface area contributed by atoms with Crippen molar-refractivity contribution in [3.05, 3.63) is 180 Å². The normalized spacial score (nSPS) is 16.1. The van der Waals surface area contributed by atoms with Gasteiger partial charge in [-0.3, -0.25) is 0 Å². The molecule has 1 nitrogen and oxygen atoms in total. The molecule has 2 aliphatic carbocycles. The number of para-hydroxylation sites is 1. The second-order valence-electron chi connectivity index (χ2n) is 12.7. The predicted octanol–water partition coefficient (Wildman–Crippen LogP) is 11.8. The highest BCUT2D eigenvalue weighted by molar-refractivity contribution is 6.09. The Morgan fingerprint density at radius 1 is 0.326 bits per heavy atom. The number of ether oxygens (including phenoxy) is 1. The molecular weight excluding hydrogens is 556 g/mol. The molecule has 0 radical (unpaired) electrons. The SMILES string of the molecule is c1ccc2c(c1)-c1c(-c3cccc4c3Oc3cccc5cccc-4c35)cccc1C21c2ccccc2-c2cccc3cccc1c23. The summed E-state index contributed by atoms with van der Waals surface area (Å²) in [6.45, 7) is 0. The predicted molar refractivity (Wildman–Crippen MR) is 189 cm³/mol. The molecule has 1 aliphatic heterocycles. The van der Waals surface area contributed by atoms with Gasteiger partial charge in [0.25, 0.3) is 0 Å². The van der Waals surface area contributed by atoms with Gasteiger partial charge in [-0.25, -0.2) is 0 Å². The fourth-order valence-electron chi connectivity index (χ4n) is 9.00. The highest BCUT2D eigenvalue weighted by atomic mass is 16.5. The van der Waals surface area contributed by atoms with E-state index >= 15 is 0 Å². The lowest BCUT2D eigenvalue weighted by Gasteiger charge is -2.40. The van der Waals surface area contributed by atoms with Crippen molar-refractivity contribution in [1.29, 1.82) is 0 Å². The van der Waals surface area contributed by atoms with Crippen LogP contribution in [0.1, 0.15) is 22.3 Å². The average Bonchev–Trinajstić information content (AvgIpc) is 3.42. The van der Waals surface area contributed by atoms with Crippen molar-refractivity contribution in [2.24, 2.45) is 0 Å². The van der Waals surface area contributed by atoms with Crippen molar-refractivity contribution < 1.29 is 4.74 Å². The molecule has 0 saturated carbocycles. The Hall–Kier alpha value is -5.92. The summed E-state index contributed by atoms with van der Waals surface area (Å²) in [7, 11) is 0. The lowest BCUT2D eigenvalue weighted by Crippen LogP contribution is -2.31. The Bertz CT molecular complexity index is 2610. The van der Waals surface area contributed by atoms with Crippen LogP contribution in [0, 0.1) is 0 Å². The molecule has 1 heteroatoms. The zero-order valence-electron chi connectivity index (χ0n) is 24.9. The minimum atomic E-state index is -0.444. The van der Waals surface area contributed by atoms with Crippen molar-refractivity contribution in [3.8, 4) is 56.0 Å². The summed E-state index contributed by atoms with van der Waals surface area (Å²) in [5.41, 5.74) is 14.8. The third kappa shape index (κ3) is 2.83. The monoisotopic (exact) mass is 582 g/mol. The van der Waals surface area contributed by atoms with Gasteiger partial charge in [0, 0.05) is 16.5 Å². The van der Waals surface area contributed by atoms with Gasteiger partial charge in [-0.1, -0.05) is 152 Å². The van der Waals surface area contributed by atoms with Crippen molar-refractivity contribution in [2.75, 3.05) is 0 Å². The van der Waals surface area contributed by atoms with E-state index in [9.17, 15) is 0 Å². The number of hydrogen-bond donors (Lipinski definition) is 0. The van der Waals surface area contributed by atoms with Crippen LogP contribution in [0.3, 0.4) is 0 Å². The first-order valence-corrected chi connectivity index (χ1v) is 16.0. The smallest absolute Gasteiger partial charge is 0.143 e. The van der Waals surface area contributed by atoms with E-state index in [2.05, 4.69) is 158 Å². The van der Waals surface area contributed by atoms with Gasteiger partial charge in [0.2, 0.25) is 0 Å². The quantitative estimate of drug-likeness (QED) is 0.187. The van der Waals surface area contributed by atoms with Gasteiger partial charge in [-0.2, -0.15) is 0 Å². The molecule has 212 valence electrons. The lowest BCUT2D eigenvalue weighted by atomic mass is 9.61. The van der Waals surface area contributed by atoms with Crippen LogP contribution < -0.4 is 4.74 Å². The van der Waals surface area contributed by atoms with Crippen molar-refractivity contribution in [2.45, 2.75) is 5.41 Å². The third-order valence-corrected chi connectivity index (χ3v) is 10.7. The summed E-state index contributed by atoms with van der Waals surface area (Å²) < 4.78 is 6.87. The van der Waals surface area contributed by atoms with Gasteiger partial charge in [-0.15, -0.1) is 0 Å². The van der Waals surface area contributed by atoms with Crippen molar-refractivity contribution in [1.82, 2.24) is 0 Å². The van der Waals surface area contributed by atoms with E-state index in [4.69, 9.17) is 4.74 Å². The van der Waals surface area contributed by atoms with Crippen LogP contribution in [0.5, 0.6) is 11.5 Å². The second-order valence-corrected chi connectivity index (χ2v) is 12.7. The summed E-state index contributed by atoms with van der Waals surface area (Å²) in [6, 6.07) is 58.2. The molecular formula is C45H26O. The summed E-state index contributed by atoms with van der Waals surface area (Å²) in [5, 5.41) is 5.02. The third-order valence-electron chi connectivity index (χ3n) is 10.7. The standard InChI is InChI=1S/C45H26O/c1-3-22-36-29(15-1)30-17-5-11-27-13-7-24-38(41(27)30)45(36)37-23-4-2-16-35(37)43-32(19-10-25-39(43)45)34-21-9-20-33-31-18-6-12-28-14-8-26-40(42(28)31)46-44(33)34/h1-26H. The van der Waals surface area contributed by atoms with Gasteiger partial charge in [0.15, 0.2) is 0 Å². The molecule has 0 bridgehead atoms. The van der Waals surface area contributed by atoms with Crippen LogP contribution >= 0.6 is 0 Å². The Morgan fingerprint density at radius 2 is 0.804 bits per heavy atom. The van der Waals surface area contributed by atoms with Crippen LogP contribution in [0.4, 0.5) is 0 Å². The topological polar surface area (TPSA) is 9.23 Å². The number of hydrogen-bond acceptors (Lipinski definition) is 1. The minimum absolute atomic E-state index is 0.444. The molecule has 8 aromatic carbocycles. The Balaban J connectivity index is 1.27. The number of fused-ring (bicyclic) bond motifs is 11. The molecule has 1 spiro atoms. The first-order valence-electron chi connectivity index (χ1n) is 16.0. The minimum Gasteiger partial charge on any atom is -0.455 e. The highest BCUT2D eigenvalue weighted by Gasteiger charge is 2.50. The molecule has 3 aliphatic rings. The van der Waals surface area contributed by atoms with E-state index in [-0.39, 0.29) is 0 Å². The maximum absolute atomic E-state index is 6.87. The zero-order chi connectivity index (χ0) is 30.0. The summed E-state index contributed by atoms with van der Waals surface area (Å²) >= 11 is 0. The second kappa shape index (κ2) is 8.62. The van der Waals surface area contributed by atoms with Crippen LogP contribution in [0.15, 0.2) is 158 Å². The molecule has 1 heterocycles. The van der Waals surface area contributed by atoms with Gasteiger partial charge >= 0.3 is 0 Å². The highest BCUT2D eigenvalue weighted by Crippen LogP contribution is 2.63. The van der Waals surface area contributed by atoms with E-state index in [0.717, 1.165) is 22.6 Å². The van der Waals surface area contributed by atoms with Crippen molar-refractivity contribution in [3.63, 3.8) is 0 Å². The van der Waals surface area contributed by atoms with Gasteiger partial charge in [0.1, 0.15) is 11.5 Å². The lowest BCUT2D eigenvalue weighted by molar-refractivity contribution is 0.489. The maximum atomic E-state index is 6.87. The molecule has 1 unspecified atom stereocenters. The molecule has 0 fully saturated rings.